The Labute approximate surface area is 120 Å². The smallest absolute Gasteiger partial charge is 0.320 e. The van der Waals surface area contributed by atoms with Crippen molar-refractivity contribution in [1.82, 2.24) is 9.80 Å². The number of nitrogens with zero attached hydrogens (tertiary/aromatic N) is 2. The van der Waals surface area contributed by atoms with Gasteiger partial charge in [0.1, 0.15) is 0 Å². The first-order valence-electron chi connectivity index (χ1n) is 7.45. The third kappa shape index (κ3) is 5.36. The summed E-state index contributed by atoms with van der Waals surface area (Å²) in [5.41, 5.74) is 0. The van der Waals surface area contributed by atoms with Crippen LogP contribution in [0.3, 0.4) is 0 Å². The third-order valence-electron chi connectivity index (χ3n) is 3.69. The minimum Gasteiger partial charge on any atom is -0.481 e. The summed E-state index contributed by atoms with van der Waals surface area (Å²) >= 11 is 0. The monoisotopic (exact) mass is 286 g/mol. The van der Waals surface area contributed by atoms with Crippen molar-refractivity contribution in [2.24, 2.45) is 5.92 Å². The molecule has 0 aliphatic carbocycles. The van der Waals surface area contributed by atoms with Gasteiger partial charge in [-0.1, -0.05) is 6.92 Å². The number of piperidine rings is 1. The second kappa shape index (κ2) is 8.79. The molecule has 2 N–H and O–H groups in total. The molecular formula is C14H26N2O4. The Morgan fingerprint density at radius 3 is 2.70 bits per heavy atom. The summed E-state index contributed by atoms with van der Waals surface area (Å²) in [6.45, 7) is 4.36. The van der Waals surface area contributed by atoms with Gasteiger partial charge in [0, 0.05) is 32.6 Å². The lowest BCUT2D eigenvalue weighted by Crippen LogP contribution is -2.48. The molecule has 6 nitrogen and oxygen atoms in total. The van der Waals surface area contributed by atoms with E-state index in [0.717, 1.165) is 25.8 Å². The van der Waals surface area contributed by atoms with Crippen LogP contribution in [0.25, 0.3) is 0 Å². The maximum Gasteiger partial charge on any atom is 0.320 e. The van der Waals surface area contributed by atoms with Gasteiger partial charge < -0.3 is 20.0 Å². The Balaban J connectivity index is 2.51. The fourth-order valence-corrected chi connectivity index (χ4v) is 2.70. The number of amides is 2. The van der Waals surface area contributed by atoms with E-state index in [1.54, 1.807) is 9.80 Å². The largest absolute Gasteiger partial charge is 0.481 e. The molecule has 20 heavy (non-hydrogen) atoms. The summed E-state index contributed by atoms with van der Waals surface area (Å²) in [6, 6.07) is -0.0269. The molecule has 0 radical (unpaired) electrons. The third-order valence-corrected chi connectivity index (χ3v) is 3.69. The van der Waals surface area contributed by atoms with Crippen molar-refractivity contribution in [2.45, 2.75) is 39.0 Å². The highest BCUT2D eigenvalue weighted by molar-refractivity contribution is 5.74. The topological polar surface area (TPSA) is 81.1 Å². The number of carbonyl (C=O) groups is 2. The van der Waals surface area contributed by atoms with Crippen LogP contribution in [-0.2, 0) is 4.79 Å². The predicted molar refractivity (Wildman–Crippen MR) is 75.5 cm³/mol. The highest BCUT2D eigenvalue weighted by Crippen LogP contribution is 2.22. The number of likely N-dealkylation sites (tertiary alicyclic amines) is 1. The van der Waals surface area contributed by atoms with Crippen molar-refractivity contribution in [3.05, 3.63) is 0 Å². The Morgan fingerprint density at radius 2 is 2.10 bits per heavy atom. The summed E-state index contributed by atoms with van der Waals surface area (Å²) in [5.74, 6) is -0.497. The van der Waals surface area contributed by atoms with E-state index >= 15 is 0 Å². The summed E-state index contributed by atoms with van der Waals surface area (Å²) < 4.78 is 0. The maximum absolute atomic E-state index is 12.4. The van der Waals surface area contributed by atoms with Crippen molar-refractivity contribution in [3.8, 4) is 0 Å². The van der Waals surface area contributed by atoms with Gasteiger partial charge >= 0.3 is 12.0 Å². The number of aliphatic hydroxyl groups is 1. The highest BCUT2D eigenvalue weighted by Gasteiger charge is 2.26. The lowest BCUT2D eigenvalue weighted by Gasteiger charge is -2.36. The van der Waals surface area contributed by atoms with Crippen molar-refractivity contribution in [3.63, 3.8) is 0 Å². The van der Waals surface area contributed by atoms with Crippen LogP contribution in [0.5, 0.6) is 0 Å². The zero-order valence-electron chi connectivity index (χ0n) is 12.3. The SMILES string of the molecule is CCCN(CCO)C(=O)N1CCCC(CCC(=O)O)C1. The number of urea groups is 1. The average Bonchev–Trinajstić information content (AvgIpc) is 2.44. The van der Waals surface area contributed by atoms with Crippen LogP contribution in [0.15, 0.2) is 0 Å². The first-order chi connectivity index (χ1) is 9.58. The lowest BCUT2D eigenvalue weighted by molar-refractivity contribution is -0.137. The van der Waals surface area contributed by atoms with Crippen molar-refractivity contribution >= 4 is 12.0 Å². The number of carboxylic acid groups (broad SMARTS) is 1. The van der Waals surface area contributed by atoms with Crippen LogP contribution in [-0.4, -0.2) is 64.8 Å². The molecule has 0 saturated carbocycles. The van der Waals surface area contributed by atoms with E-state index in [9.17, 15) is 9.59 Å². The zero-order chi connectivity index (χ0) is 15.0. The van der Waals surface area contributed by atoms with E-state index in [1.807, 2.05) is 6.92 Å². The summed E-state index contributed by atoms with van der Waals surface area (Å²) in [7, 11) is 0. The number of aliphatic carboxylic acids is 1. The molecular weight excluding hydrogens is 260 g/mol. The summed E-state index contributed by atoms with van der Waals surface area (Å²) in [4.78, 5) is 26.5. The number of hydrogen-bond donors (Lipinski definition) is 2. The van der Waals surface area contributed by atoms with Crippen LogP contribution in [0.1, 0.15) is 39.0 Å². The molecule has 116 valence electrons. The van der Waals surface area contributed by atoms with Crippen LogP contribution in [0, 0.1) is 5.92 Å². The number of rotatable bonds is 7. The van der Waals surface area contributed by atoms with Gasteiger partial charge in [-0.2, -0.15) is 0 Å². The van der Waals surface area contributed by atoms with Gasteiger partial charge in [-0.15, -0.1) is 0 Å². The van der Waals surface area contributed by atoms with Crippen molar-refractivity contribution in [2.75, 3.05) is 32.8 Å². The van der Waals surface area contributed by atoms with Crippen LogP contribution < -0.4 is 0 Å². The molecule has 0 aromatic carbocycles. The molecule has 2 amide bonds. The molecule has 1 fully saturated rings. The molecule has 1 unspecified atom stereocenters. The summed E-state index contributed by atoms with van der Waals surface area (Å²) in [6.07, 6.45) is 3.58. The number of carboxylic acids is 1. The van der Waals surface area contributed by atoms with Gasteiger partial charge in [-0.3, -0.25) is 4.79 Å². The minimum absolute atomic E-state index is 0.0258. The normalized spacial score (nSPS) is 18.9. The maximum atomic E-state index is 12.4. The van der Waals surface area contributed by atoms with Gasteiger partial charge in [-0.25, -0.2) is 4.79 Å². The minimum atomic E-state index is -0.777. The molecule has 1 saturated heterocycles. The van der Waals surface area contributed by atoms with E-state index in [2.05, 4.69) is 0 Å². The highest BCUT2D eigenvalue weighted by atomic mass is 16.4. The van der Waals surface area contributed by atoms with Crippen molar-refractivity contribution < 1.29 is 19.8 Å². The molecule has 1 aliphatic rings. The molecule has 6 heteroatoms. The zero-order valence-corrected chi connectivity index (χ0v) is 12.3. The van der Waals surface area contributed by atoms with Gasteiger partial charge in [0.2, 0.25) is 0 Å². The standard InChI is InChI=1S/C14H26N2O4/c1-2-7-15(9-10-17)14(20)16-8-3-4-12(11-16)5-6-13(18)19/h12,17H,2-11H2,1H3,(H,18,19). The first kappa shape index (κ1) is 16.8. The van der Waals surface area contributed by atoms with E-state index < -0.39 is 5.97 Å². The van der Waals surface area contributed by atoms with Gasteiger partial charge in [-0.05, 0) is 31.6 Å². The van der Waals surface area contributed by atoms with E-state index in [1.165, 1.54) is 0 Å². The quantitative estimate of drug-likeness (QED) is 0.741. The van der Waals surface area contributed by atoms with E-state index in [0.29, 0.717) is 26.1 Å². The molecule has 1 atom stereocenters. The van der Waals surface area contributed by atoms with E-state index in [-0.39, 0.29) is 25.0 Å². The Hall–Kier alpha value is -1.30. The van der Waals surface area contributed by atoms with Crippen LogP contribution >= 0.6 is 0 Å². The second-order valence-electron chi connectivity index (χ2n) is 5.38. The van der Waals surface area contributed by atoms with E-state index in [4.69, 9.17) is 10.2 Å². The molecule has 0 bridgehead atoms. The number of hydrogen-bond acceptors (Lipinski definition) is 3. The molecule has 1 rings (SSSR count). The first-order valence-corrected chi connectivity index (χ1v) is 7.45. The Morgan fingerprint density at radius 1 is 1.35 bits per heavy atom. The second-order valence-corrected chi connectivity index (χ2v) is 5.38. The van der Waals surface area contributed by atoms with Crippen LogP contribution in [0.2, 0.25) is 0 Å². The molecule has 0 aromatic heterocycles. The number of aliphatic hydroxyl groups excluding tert-OH is 1. The molecule has 1 aliphatic heterocycles. The fourth-order valence-electron chi connectivity index (χ4n) is 2.70. The van der Waals surface area contributed by atoms with Gasteiger partial charge in [0.05, 0.1) is 6.61 Å². The molecule has 0 spiro atoms. The Bertz CT molecular complexity index is 316. The molecule has 1 heterocycles. The average molecular weight is 286 g/mol. The number of carbonyl (C=O) groups excluding carboxylic acids is 1. The lowest BCUT2D eigenvalue weighted by atomic mass is 9.93. The molecule has 0 aromatic rings. The predicted octanol–water partition coefficient (Wildman–Crippen LogP) is 1.39. The summed E-state index contributed by atoms with van der Waals surface area (Å²) in [5, 5.41) is 17.8. The fraction of sp³-hybridized carbons (Fsp3) is 0.857. The van der Waals surface area contributed by atoms with Crippen molar-refractivity contribution in [1.29, 1.82) is 0 Å². The van der Waals surface area contributed by atoms with Gasteiger partial charge in [0.15, 0.2) is 0 Å². The van der Waals surface area contributed by atoms with Gasteiger partial charge in [0.25, 0.3) is 0 Å². The van der Waals surface area contributed by atoms with Crippen LogP contribution in [0.4, 0.5) is 4.79 Å². The Kier molecular flexibility index (Phi) is 7.36.